The molecule has 0 saturated heterocycles. The van der Waals surface area contributed by atoms with Crippen LogP contribution >= 0.6 is 0 Å². The Bertz CT molecular complexity index is 421. The van der Waals surface area contributed by atoms with Crippen LogP contribution in [0.15, 0.2) is 17.1 Å². The summed E-state index contributed by atoms with van der Waals surface area (Å²) in [5.41, 5.74) is 1.16. The second-order valence-electron chi connectivity index (χ2n) is 3.74. The number of halogens is 2. The number of hydrogen-bond donors (Lipinski definition) is 1. The summed E-state index contributed by atoms with van der Waals surface area (Å²) < 4.78 is 26.1. The second-order valence-corrected chi connectivity index (χ2v) is 3.74. The van der Waals surface area contributed by atoms with E-state index < -0.39 is 5.92 Å². The van der Waals surface area contributed by atoms with Crippen molar-refractivity contribution in [1.82, 2.24) is 0 Å². The van der Waals surface area contributed by atoms with Crippen LogP contribution < -0.4 is 0 Å². The molecule has 0 bridgehead atoms. The van der Waals surface area contributed by atoms with Crippen LogP contribution in [0.1, 0.15) is 23.6 Å². The van der Waals surface area contributed by atoms with Gasteiger partial charge < -0.3 is 5.11 Å². The molecule has 0 amide bonds. The second kappa shape index (κ2) is 3.29. The van der Waals surface area contributed by atoms with Crippen LogP contribution in [0.25, 0.3) is 0 Å². The summed E-state index contributed by atoms with van der Waals surface area (Å²) in [5.74, 6) is -3.03. The predicted molar refractivity (Wildman–Crippen MR) is 53.8 cm³/mol. The molecule has 0 saturated carbocycles. The van der Waals surface area contributed by atoms with Gasteiger partial charge in [0, 0.05) is 30.8 Å². The molecule has 1 heterocycles. The van der Waals surface area contributed by atoms with Gasteiger partial charge in [0.25, 0.3) is 5.92 Å². The van der Waals surface area contributed by atoms with Crippen LogP contribution in [0.4, 0.5) is 8.78 Å². The molecule has 4 heteroatoms. The van der Waals surface area contributed by atoms with Crippen molar-refractivity contribution in [3.8, 4) is 5.75 Å². The van der Waals surface area contributed by atoms with E-state index in [0.29, 0.717) is 18.5 Å². The summed E-state index contributed by atoms with van der Waals surface area (Å²) in [4.78, 5) is 4.00. The number of nitrogens with zero attached hydrogens (tertiary/aromatic N) is 1. The summed E-state index contributed by atoms with van der Waals surface area (Å²) in [6, 6.07) is 2.55. The van der Waals surface area contributed by atoms with Crippen molar-refractivity contribution in [3.05, 3.63) is 28.8 Å². The summed E-state index contributed by atoms with van der Waals surface area (Å²) >= 11 is 0. The van der Waals surface area contributed by atoms with Gasteiger partial charge in [0.15, 0.2) is 0 Å². The highest BCUT2D eigenvalue weighted by molar-refractivity contribution is 5.86. The standard InChI is InChI=1S/C11H11F2NO/c1-11(12,13)8-4-7-2-3-14-6-9(7)10(15)5-8/h4-6,15H,2-3H2,1H3. The van der Waals surface area contributed by atoms with Crippen LogP contribution in [-0.4, -0.2) is 17.9 Å². The first kappa shape index (κ1) is 10.1. The first-order chi connectivity index (χ1) is 6.98. The van der Waals surface area contributed by atoms with Crippen molar-refractivity contribution < 1.29 is 13.9 Å². The van der Waals surface area contributed by atoms with Gasteiger partial charge in [-0.3, -0.25) is 4.99 Å². The van der Waals surface area contributed by atoms with Crippen LogP contribution in [0, 0.1) is 0 Å². The number of phenols is 1. The van der Waals surface area contributed by atoms with Gasteiger partial charge in [0.05, 0.1) is 0 Å². The Labute approximate surface area is 86.3 Å². The van der Waals surface area contributed by atoms with Crippen LogP contribution in [0.3, 0.4) is 0 Å². The molecule has 1 N–H and O–H groups in total. The van der Waals surface area contributed by atoms with E-state index in [9.17, 15) is 13.9 Å². The lowest BCUT2D eigenvalue weighted by Gasteiger charge is -2.17. The molecule has 0 fully saturated rings. The largest absolute Gasteiger partial charge is 0.507 e. The van der Waals surface area contributed by atoms with E-state index >= 15 is 0 Å². The molecule has 15 heavy (non-hydrogen) atoms. The average molecular weight is 211 g/mol. The van der Waals surface area contributed by atoms with Crippen LogP contribution in [0.2, 0.25) is 0 Å². The summed E-state index contributed by atoms with van der Waals surface area (Å²) in [6.45, 7) is 1.41. The fraction of sp³-hybridized carbons (Fsp3) is 0.364. The van der Waals surface area contributed by atoms with E-state index in [1.807, 2.05) is 0 Å². The van der Waals surface area contributed by atoms with Gasteiger partial charge in [-0.2, -0.15) is 0 Å². The Hall–Kier alpha value is -1.45. The molecule has 0 atom stereocenters. The van der Waals surface area contributed by atoms with Gasteiger partial charge in [-0.1, -0.05) is 0 Å². The minimum atomic E-state index is -2.92. The first-order valence-electron chi connectivity index (χ1n) is 4.72. The molecule has 1 aliphatic heterocycles. The fourth-order valence-electron chi connectivity index (χ4n) is 1.65. The molecular weight excluding hydrogens is 200 g/mol. The number of phenolic OH excluding ortho intramolecular Hbond substituents is 1. The predicted octanol–water partition coefficient (Wildman–Crippen LogP) is 2.48. The van der Waals surface area contributed by atoms with Crippen LogP contribution in [0.5, 0.6) is 5.75 Å². The molecule has 0 spiro atoms. The fourth-order valence-corrected chi connectivity index (χ4v) is 1.65. The number of alkyl halides is 2. The Morgan fingerprint density at radius 3 is 2.80 bits per heavy atom. The maximum atomic E-state index is 13.1. The molecular formula is C11H11F2NO. The van der Waals surface area contributed by atoms with Gasteiger partial charge >= 0.3 is 0 Å². The molecule has 1 aromatic rings. The third-order valence-electron chi connectivity index (χ3n) is 2.48. The topological polar surface area (TPSA) is 32.6 Å². The van der Waals surface area contributed by atoms with Crippen molar-refractivity contribution in [2.24, 2.45) is 4.99 Å². The number of benzene rings is 1. The highest BCUT2D eigenvalue weighted by Gasteiger charge is 2.26. The van der Waals surface area contributed by atoms with Gasteiger partial charge in [-0.05, 0) is 24.1 Å². The van der Waals surface area contributed by atoms with E-state index in [1.165, 1.54) is 12.3 Å². The van der Waals surface area contributed by atoms with Crippen molar-refractivity contribution in [2.75, 3.05) is 6.54 Å². The lowest BCUT2D eigenvalue weighted by molar-refractivity contribution is 0.0171. The highest BCUT2D eigenvalue weighted by Crippen LogP contribution is 2.33. The van der Waals surface area contributed by atoms with Gasteiger partial charge in [-0.15, -0.1) is 0 Å². The van der Waals surface area contributed by atoms with E-state index in [1.54, 1.807) is 0 Å². The monoisotopic (exact) mass is 211 g/mol. The molecule has 1 aromatic carbocycles. The highest BCUT2D eigenvalue weighted by atomic mass is 19.3. The Morgan fingerprint density at radius 2 is 2.13 bits per heavy atom. The molecule has 80 valence electrons. The van der Waals surface area contributed by atoms with Crippen molar-refractivity contribution in [3.63, 3.8) is 0 Å². The number of aromatic hydroxyl groups is 1. The lowest BCUT2D eigenvalue weighted by Crippen LogP contribution is -2.11. The first-order valence-corrected chi connectivity index (χ1v) is 4.72. The maximum Gasteiger partial charge on any atom is 0.270 e. The average Bonchev–Trinajstić information content (AvgIpc) is 2.16. The van der Waals surface area contributed by atoms with Crippen LogP contribution in [-0.2, 0) is 12.3 Å². The van der Waals surface area contributed by atoms with E-state index in [4.69, 9.17) is 0 Å². The van der Waals surface area contributed by atoms with Crippen molar-refractivity contribution >= 4 is 6.21 Å². The number of hydrogen-bond acceptors (Lipinski definition) is 2. The van der Waals surface area contributed by atoms with E-state index in [0.717, 1.165) is 18.6 Å². The molecule has 1 aliphatic rings. The van der Waals surface area contributed by atoms with E-state index in [2.05, 4.69) is 4.99 Å². The van der Waals surface area contributed by atoms with Crippen molar-refractivity contribution in [2.45, 2.75) is 19.3 Å². The third kappa shape index (κ3) is 1.84. The zero-order valence-corrected chi connectivity index (χ0v) is 8.30. The minimum Gasteiger partial charge on any atom is -0.507 e. The zero-order valence-electron chi connectivity index (χ0n) is 8.30. The number of aliphatic imine (C=N–C) groups is 1. The summed E-state index contributed by atoms with van der Waals surface area (Å²) in [5, 5.41) is 9.58. The lowest BCUT2D eigenvalue weighted by atomic mass is 9.97. The maximum absolute atomic E-state index is 13.1. The molecule has 0 radical (unpaired) electrons. The SMILES string of the molecule is CC(F)(F)c1cc(O)c2c(c1)CCN=C2. The normalized spacial score (nSPS) is 15.1. The molecule has 2 nitrogen and oxygen atoms in total. The Morgan fingerprint density at radius 1 is 1.40 bits per heavy atom. The Balaban J connectivity index is 2.56. The number of rotatable bonds is 1. The molecule has 0 aliphatic carbocycles. The van der Waals surface area contributed by atoms with E-state index in [-0.39, 0.29) is 11.3 Å². The summed E-state index contributed by atoms with van der Waals surface area (Å²) in [6.07, 6.45) is 2.13. The third-order valence-corrected chi connectivity index (χ3v) is 2.48. The van der Waals surface area contributed by atoms with Gasteiger partial charge in [0.1, 0.15) is 5.75 Å². The molecule has 0 aromatic heterocycles. The van der Waals surface area contributed by atoms with Gasteiger partial charge in [0.2, 0.25) is 0 Å². The molecule has 0 unspecified atom stereocenters. The zero-order chi connectivity index (χ0) is 11.1. The minimum absolute atomic E-state index is 0.118. The summed E-state index contributed by atoms with van der Waals surface area (Å²) in [7, 11) is 0. The smallest absolute Gasteiger partial charge is 0.270 e. The quantitative estimate of drug-likeness (QED) is 0.760. The Kier molecular flexibility index (Phi) is 2.21. The van der Waals surface area contributed by atoms with Gasteiger partial charge in [-0.25, -0.2) is 8.78 Å². The molecule has 2 rings (SSSR count). The number of fused-ring (bicyclic) bond motifs is 1. The van der Waals surface area contributed by atoms with Crippen molar-refractivity contribution in [1.29, 1.82) is 0 Å².